The molecule has 0 N–H and O–H groups in total. The summed E-state index contributed by atoms with van der Waals surface area (Å²) in [6.45, 7) is 1.88. The number of likely N-dealkylation sites (tertiary alicyclic amines) is 1. The average Bonchev–Trinajstić information content (AvgIpc) is 2.98. The van der Waals surface area contributed by atoms with Gasteiger partial charge in [-0.25, -0.2) is 4.39 Å². The Kier molecular flexibility index (Phi) is 5.17. The largest absolute Gasteiger partial charge is 0.469 e. The molecule has 0 saturated carbocycles. The van der Waals surface area contributed by atoms with Crippen LogP contribution in [-0.2, 0) is 16.1 Å². The molecule has 0 bridgehead atoms. The number of rotatable bonds is 4. The fourth-order valence-corrected chi connectivity index (χ4v) is 3.52. The van der Waals surface area contributed by atoms with Crippen LogP contribution in [0.5, 0.6) is 0 Å². The molecular weight excluding hydrogens is 329 g/mol. The number of hydrogen-bond donors (Lipinski definition) is 0. The summed E-state index contributed by atoms with van der Waals surface area (Å²) in [5, 5.41) is 0.352. The van der Waals surface area contributed by atoms with Crippen LogP contribution in [0, 0.1) is 11.7 Å². The van der Waals surface area contributed by atoms with Crippen LogP contribution in [0.1, 0.15) is 17.0 Å². The summed E-state index contributed by atoms with van der Waals surface area (Å²) in [5.41, 5.74) is 1.68. The van der Waals surface area contributed by atoms with Crippen molar-refractivity contribution in [2.75, 3.05) is 20.2 Å². The highest BCUT2D eigenvalue weighted by Crippen LogP contribution is 2.36. The van der Waals surface area contributed by atoms with Gasteiger partial charge in [0, 0.05) is 30.6 Å². The summed E-state index contributed by atoms with van der Waals surface area (Å²) in [6.07, 6.45) is 0. The van der Waals surface area contributed by atoms with E-state index in [2.05, 4.69) is 4.90 Å². The molecule has 3 nitrogen and oxygen atoms in total. The van der Waals surface area contributed by atoms with Crippen LogP contribution < -0.4 is 0 Å². The molecule has 1 aliphatic heterocycles. The first-order chi connectivity index (χ1) is 11.6. The molecule has 0 aliphatic carbocycles. The van der Waals surface area contributed by atoms with Gasteiger partial charge in [-0.15, -0.1) is 0 Å². The quantitative estimate of drug-likeness (QED) is 0.786. The van der Waals surface area contributed by atoms with Gasteiger partial charge in [0.1, 0.15) is 5.82 Å². The molecule has 0 spiro atoms. The predicted molar refractivity (Wildman–Crippen MR) is 91.4 cm³/mol. The van der Waals surface area contributed by atoms with E-state index in [4.69, 9.17) is 16.3 Å². The molecule has 0 amide bonds. The van der Waals surface area contributed by atoms with Gasteiger partial charge in [-0.05, 0) is 23.3 Å². The smallest absolute Gasteiger partial charge is 0.310 e. The minimum Gasteiger partial charge on any atom is -0.469 e. The summed E-state index contributed by atoms with van der Waals surface area (Å²) in [5.74, 6) is -1.29. The first-order valence-corrected chi connectivity index (χ1v) is 8.25. The van der Waals surface area contributed by atoms with Gasteiger partial charge in [-0.2, -0.15) is 0 Å². The van der Waals surface area contributed by atoms with Crippen molar-refractivity contribution >= 4 is 17.6 Å². The molecule has 126 valence electrons. The van der Waals surface area contributed by atoms with Gasteiger partial charge in [0.15, 0.2) is 0 Å². The number of methoxy groups -OCH3 is 1. The van der Waals surface area contributed by atoms with E-state index in [1.807, 2.05) is 30.3 Å². The van der Waals surface area contributed by atoms with Gasteiger partial charge in [-0.1, -0.05) is 48.0 Å². The molecule has 24 heavy (non-hydrogen) atoms. The van der Waals surface area contributed by atoms with Crippen LogP contribution in [-0.4, -0.2) is 31.1 Å². The maximum absolute atomic E-state index is 14.3. The summed E-state index contributed by atoms with van der Waals surface area (Å²) >= 11 is 5.84. The van der Waals surface area contributed by atoms with E-state index >= 15 is 0 Å². The number of halogens is 2. The Morgan fingerprint density at radius 2 is 2.00 bits per heavy atom. The van der Waals surface area contributed by atoms with Crippen molar-refractivity contribution in [1.82, 2.24) is 4.90 Å². The Hall–Kier alpha value is -1.91. The zero-order chi connectivity index (χ0) is 17.1. The first kappa shape index (κ1) is 16.9. The molecule has 3 rings (SSSR count). The third-order valence-electron chi connectivity index (χ3n) is 4.51. The number of esters is 1. The molecular formula is C19H19ClFNO2. The van der Waals surface area contributed by atoms with Crippen LogP contribution in [0.4, 0.5) is 4.39 Å². The second-order valence-corrected chi connectivity index (χ2v) is 6.52. The van der Waals surface area contributed by atoms with Gasteiger partial charge in [-0.3, -0.25) is 9.69 Å². The van der Waals surface area contributed by atoms with Crippen LogP contribution in [0.3, 0.4) is 0 Å². The van der Waals surface area contributed by atoms with E-state index in [9.17, 15) is 9.18 Å². The monoisotopic (exact) mass is 347 g/mol. The number of carbonyl (C=O) groups excluding carboxylic acids is 1. The van der Waals surface area contributed by atoms with Crippen molar-refractivity contribution in [3.63, 3.8) is 0 Å². The number of benzene rings is 2. The van der Waals surface area contributed by atoms with Gasteiger partial charge in [0.05, 0.1) is 13.0 Å². The van der Waals surface area contributed by atoms with E-state index in [0.717, 1.165) is 6.54 Å². The SMILES string of the molecule is COC(=O)[C@@H]1CN(Cc2ccccc2)C[C@H]1c1ccc(Cl)cc1F. The Labute approximate surface area is 146 Å². The van der Waals surface area contributed by atoms with E-state index in [0.29, 0.717) is 23.7 Å². The van der Waals surface area contributed by atoms with Gasteiger partial charge < -0.3 is 4.74 Å². The second kappa shape index (κ2) is 7.32. The summed E-state index contributed by atoms with van der Waals surface area (Å²) in [4.78, 5) is 14.3. The highest BCUT2D eigenvalue weighted by atomic mass is 35.5. The number of ether oxygens (including phenoxy) is 1. The minimum absolute atomic E-state index is 0.238. The third-order valence-corrected chi connectivity index (χ3v) is 4.75. The van der Waals surface area contributed by atoms with Crippen LogP contribution in [0.2, 0.25) is 5.02 Å². The third kappa shape index (κ3) is 3.60. The van der Waals surface area contributed by atoms with Crippen LogP contribution in [0.15, 0.2) is 48.5 Å². The highest BCUT2D eigenvalue weighted by molar-refractivity contribution is 6.30. The molecule has 5 heteroatoms. The predicted octanol–water partition coefficient (Wildman–Crippen LogP) is 3.87. The Morgan fingerprint density at radius 1 is 1.25 bits per heavy atom. The van der Waals surface area contributed by atoms with Crippen LogP contribution in [0.25, 0.3) is 0 Å². The topological polar surface area (TPSA) is 29.5 Å². The molecule has 1 heterocycles. The number of nitrogens with zero attached hydrogens (tertiary/aromatic N) is 1. The Morgan fingerprint density at radius 3 is 2.67 bits per heavy atom. The van der Waals surface area contributed by atoms with Crippen molar-refractivity contribution < 1.29 is 13.9 Å². The van der Waals surface area contributed by atoms with Crippen molar-refractivity contribution in [2.24, 2.45) is 5.92 Å². The van der Waals surface area contributed by atoms with Crippen molar-refractivity contribution in [1.29, 1.82) is 0 Å². The highest BCUT2D eigenvalue weighted by Gasteiger charge is 2.40. The molecule has 1 aliphatic rings. The molecule has 0 unspecified atom stereocenters. The molecule has 1 saturated heterocycles. The molecule has 0 aromatic heterocycles. The zero-order valence-corrected chi connectivity index (χ0v) is 14.2. The van der Waals surface area contributed by atoms with E-state index < -0.39 is 0 Å². The zero-order valence-electron chi connectivity index (χ0n) is 13.4. The maximum atomic E-state index is 14.3. The lowest BCUT2D eigenvalue weighted by Gasteiger charge is -2.17. The first-order valence-electron chi connectivity index (χ1n) is 7.87. The van der Waals surface area contributed by atoms with Gasteiger partial charge >= 0.3 is 5.97 Å². The van der Waals surface area contributed by atoms with E-state index in [1.165, 1.54) is 18.7 Å². The lowest BCUT2D eigenvalue weighted by molar-refractivity contribution is -0.145. The van der Waals surface area contributed by atoms with Gasteiger partial charge in [0.25, 0.3) is 0 Å². The fraction of sp³-hybridized carbons (Fsp3) is 0.316. The Balaban J connectivity index is 1.84. The van der Waals surface area contributed by atoms with E-state index in [-0.39, 0.29) is 23.6 Å². The average molecular weight is 348 g/mol. The molecule has 2 atom stereocenters. The summed E-state index contributed by atoms with van der Waals surface area (Å²) in [7, 11) is 1.37. The van der Waals surface area contributed by atoms with E-state index in [1.54, 1.807) is 12.1 Å². The summed E-state index contributed by atoms with van der Waals surface area (Å²) in [6, 6.07) is 14.7. The van der Waals surface area contributed by atoms with Crippen LogP contribution >= 0.6 is 11.6 Å². The molecule has 2 aromatic rings. The number of hydrogen-bond acceptors (Lipinski definition) is 3. The second-order valence-electron chi connectivity index (χ2n) is 6.08. The molecule has 0 radical (unpaired) electrons. The summed E-state index contributed by atoms with van der Waals surface area (Å²) < 4.78 is 19.3. The lowest BCUT2D eigenvalue weighted by Crippen LogP contribution is -2.24. The van der Waals surface area contributed by atoms with Crippen molar-refractivity contribution in [3.8, 4) is 0 Å². The molecule has 2 aromatic carbocycles. The van der Waals surface area contributed by atoms with Crippen molar-refractivity contribution in [2.45, 2.75) is 12.5 Å². The van der Waals surface area contributed by atoms with Crippen molar-refractivity contribution in [3.05, 3.63) is 70.5 Å². The lowest BCUT2D eigenvalue weighted by atomic mass is 9.88. The van der Waals surface area contributed by atoms with Gasteiger partial charge in [0.2, 0.25) is 0 Å². The maximum Gasteiger partial charge on any atom is 0.310 e. The normalized spacial score (nSPS) is 21.0. The number of carbonyl (C=O) groups is 1. The fourth-order valence-electron chi connectivity index (χ4n) is 3.36. The molecule has 1 fully saturated rings. The minimum atomic E-state index is -0.380. The Bertz CT molecular complexity index is 723. The standard InChI is InChI=1S/C19H19ClFNO2/c1-24-19(23)17-12-22(10-13-5-3-2-4-6-13)11-16(17)15-8-7-14(20)9-18(15)21/h2-9,16-17H,10-12H2,1H3/t16-,17+/m0/s1.